The Hall–Kier alpha value is -1.30. The van der Waals surface area contributed by atoms with Crippen LogP contribution in [0.5, 0.6) is 0 Å². The van der Waals surface area contributed by atoms with Crippen LogP contribution in [-0.2, 0) is 0 Å². The van der Waals surface area contributed by atoms with Crippen molar-refractivity contribution in [1.82, 2.24) is 0 Å². The molecule has 0 fully saturated rings. The third-order valence-electron chi connectivity index (χ3n) is 2.27. The number of benzene rings is 1. The van der Waals surface area contributed by atoms with Gasteiger partial charge in [0.1, 0.15) is 0 Å². The van der Waals surface area contributed by atoms with Crippen molar-refractivity contribution in [3.05, 3.63) is 47.0 Å². The largest absolute Gasteiger partial charge is 0.0984 e. The van der Waals surface area contributed by atoms with Gasteiger partial charge in [-0.2, -0.15) is 0 Å². The van der Waals surface area contributed by atoms with Gasteiger partial charge < -0.3 is 0 Å². The van der Waals surface area contributed by atoms with Crippen molar-refractivity contribution in [1.29, 1.82) is 0 Å². The number of hydrogen-bond acceptors (Lipinski definition) is 0. The molecule has 0 unspecified atom stereocenters. The first-order valence-electron chi connectivity index (χ1n) is 4.55. The molecule has 0 aromatic heterocycles. The van der Waals surface area contributed by atoms with E-state index in [9.17, 15) is 0 Å². The fourth-order valence-corrected chi connectivity index (χ4v) is 1.36. The van der Waals surface area contributed by atoms with E-state index in [1.54, 1.807) is 0 Å². The molecular formula is C13H16. The predicted octanol–water partition coefficient (Wildman–Crippen LogP) is 3.98. The van der Waals surface area contributed by atoms with Gasteiger partial charge in [0, 0.05) is 0 Å². The molecule has 1 rings (SSSR count). The normalized spacial score (nSPS) is 10.7. The van der Waals surface area contributed by atoms with Gasteiger partial charge in [-0.15, -0.1) is 0 Å². The highest BCUT2D eigenvalue weighted by Gasteiger charge is 1.98. The van der Waals surface area contributed by atoms with Crippen LogP contribution in [0.15, 0.2) is 24.8 Å². The summed E-state index contributed by atoms with van der Waals surface area (Å²) in [6.07, 6.45) is 6.07. The van der Waals surface area contributed by atoms with E-state index in [0.29, 0.717) is 0 Å². The Kier molecular flexibility index (Phi) is 3.07. The smallest absolute Gasteiger partial charge is 0.0185 e. The summed E-state index contributed by atoms with van der Waals surface area (Å²) >= 11 is 0. The van der Waals surface area contributed by atoms with Gasteiger partial charge in [0.05, 0.1) is 0 Å². The topological polar surface area (TPSA) is 0 Å². The summed E-state index contributed by atoms with van der Waals surface area (Å²) in [4.78, 5) is 0. The van der Waals surface area contributed by atoms with E-state index in [1.807, 2.05) is 13.0 Å². The zero-order chi connectivity index (χ0) is 9.84. The van der Waals surface area contributed by atoms with Gasteiger partial charge in [-0.3, -0.25) is 0 Å². The highest BCUT2D eigenvalue weighted by Crippen LogP contribution is 2.18. The van der Waals surface area contributed by atoms with Crippen LogP contribution in [0.1, 0.15) is 29.2 Å². The van der Waals surface area contributed by atoms with Gasteiger partial charge in [0.2, 0.25) is 0 Å². The van der Waals surface area contributed by atoms with Crippen LogP contribution < -0.4 is 0 Å². The number of hydrogen-bond donors (Lipinski definition) is 0. The van der Waals surface area contributed by atoms with E-state index >= 15 is 0 Å². The molecule has 0 saturated carbocycles. The quantitative estimate of drug-likeness (QED) is 0.633. The van der Waals surface area contributed by atoms with Crippen molar-refractivity contribution in [3.8, 4) is 0 Å². The van der Waals surface area contributed by atoms with E-state index in [1.165, 1.54) is 22.3 Å². The van der Waals surface area contributed by atoms with Gasteiger partial charge >= 0.3 is 0 Å². The van der Waals surface area contributed by atoms with E-state index < -0.39 is 0 Å². The Balaban J connectivity index is 3.32. The summed E-state index contributed by atoms with van der Waals surface area (Å²) < 4.78 is 0. The van der Waals surface area contributed by atoms with Gasteiger partial charge in [-0.1, -0.05) is 36.9 Å². The lowest BCUT2D eigenvalue weighted by Crippen LogP contribution is -1.87. The first-order valence-corrected chi connectivity index (χ1v) is 4.55. The zero-order valence-corrected chi connectivity index (χ0v) is 8.59. The monoisotopic (exact) mass is 172 g/mol. The Bertz CT molecular complexity index is 343. The Morgan fingerprint density at radius 2 is 1.62 bits per heavy atom. The molecule has 0 N–H and O–H groups in total. The van der Waals surface area contributed by atoms with Crippen molar-refractivity contribution in [2.75, 3.05) is 0 Å². The van der Waals surface area contributed by atoms with E-state index in [-0.39, 0.29) is 0 Å². The lowest BCUT2D eigenvalue weighted by Gasteiger charge is -2.06. The minimum absolute atomic E-state index is 1.21. The standard InChI is InChI=1S/C13H16/c1-5-7-13-9-11(4)10(3)8-12(13)6-2/h5-9H,2H2,1,3-4H3/b7-5-. The van der Waals surface area contributed by atoms with Crippen molar-refractivity contribution in [3.63, 3.8) is 0 Å². The van der Waals surface area contributed by atoms with Crippen LogP contribution in [0.25, 0.3) is 12.2 Å². The molecule has 68 valence electrons. The minimum atomic E-state index is 1.21. The van der Waals surface area contributed by atoms with Crippen LogP contribution in [0.3, 0.4) is 0 Å². The van der Waals surface area contributed by atoms with Crippen molar-refractivity contribution in [2.24, 2.45) is 0 Å². The number of allylic oxidation sites excluding steroid dienone is 1. The summed E-state index contributed by atoms with van der Waals surface area (Å²) in [5.41, 5.74) is 5.11. The fraction of sp³-hybridized carbons (Fsp3) is 0.231. The molecule has 1 aromatic carbocycles. The van der Waals surface area contributed by atoms with Crippen molar-refractivity contribution >= 4 is 12.2 Å². The summed E-state index contributed by atoms with van der Waals surface area (Å²) in [5, 5.41) is 0. The van der Waals surface area contributed by atoms with Crippen LogP contribution in [0.4, 0.5) is 0 Å². The van der Waals surface area contributed by atoms with Crippen LogP contribution >= 0.6 is 0 Å². The number of rotatable bonds is 2. The highest BCUT2D eigenvalue weighted by atomic mass is 14.0. The van der Waals surface area contributed by atoms with Gasteiger partial charge in [0.15, 0.2) is 0 Å². The Morgan fingerprint density at radius 3 is 2.08 bits per heavy atom. The second-order valence-corrected chi connectivity index (χ2v) is 3.27. The molecule has 0 bridgehead atoms. The first-order chi connectivity index (χ1) is 6.19. The highest BCUT2D eigenvalue weighted by molar-refractivity contribution is 5.66. The molecule has 13 heavy (non-hydrogen) atoms. The summed E-state index contributed by atoms with van der Waals surface area (Å²) in [6.45, 7) is 10.1. The maximum absolute atomic E-state index is 3.81. The maximum atomic E-state index is 3.81. The summed E-state index contributed by atoms with van der Waals surface area (Å²) in [7, 11) is 0. The van der Waals surface area contributed by atoms with Crippen LogP contribution in [0, 0.1) is 13.8 Å². The first kappa shape index (κ1) is 9.79. The summed E-state index contributed by atoms with van der Waals surface area (Å²) in [5.74, 6) is 0. The zero-order valence-electron chi connectivity index (χ0n) is 8.59. The second-order valence-electron chi connectivity index (χ2n) is 3.27. The lowest BCUT2D eigenvalue weighted by molar-refractivity contribution is 1.32. The molecule has 0 aliphatic heterocycles. The maximum Gasteiger partial charge on any atom is -0.0185 e. The molecule has 0 heterocycles. The average molecular weight is 172 g/mol. The molecule has 0 spiro atoms. The van der Waals surface area contributed by atoms with Gasteiger partial charge in [0.25, 0.3) is 0 Å². The van der Waals surface area contributed by atoms with E-state index in [0.717, 1.165) is 0 Å². The third-order valence-corrected chi connectivity index (χ3v) is 2.27. The average Bonchev–Trinajstić information content (AvgIpc) is 2.11. The predicted molar refractivity (Wildman–Crippen MR) is 60.7 cm³/mol. The minimum Gasteiger partial charge on any atom is -0.0984 e. The third kappa shape index (κ3) is 2.09. The lowest BCUT2D eigenvalue weighted by atomic mass is 10.00. The SMILES string of the molecule is C=Cc1cc(C)c(C)cc1/C=C\C. The second kappa shape index (κ2) is 4.08. The van der Waals surface area contributed by atoms with Gasteiger partial charge in [-0.05, 0) is 43.0 Å². The van der Waals surface area contributed by atoms with Crippen LogP contribution in [-0.4, -0.2) is 0 Å². The molecule has 0 aliphatic carbocycles. The molecule has 0 radical (unpaired) electrons. The van der Waals surface area contributed by atoms with Crippen molar-refractivity contribution < 1.29 is 0 Å². The van der Waals surface area contributed by atoms with Gasteiger partial charge in [-0.25, -0.2) is 0 Å². The number of aryl methyl sites for hydroxylation is 2. The molecule has 0 nitrogen and oxygen atoms in total. The van der Waals surface area contributed by atoms with E-state index in [2.05, 4.69) is 44.7 Å². The fourth-order valence-electron chi connectivity index (χ4n) is 1.36. The van der Waals surface area contributed by atoms with Crippen LogP contribution in [0.2, 0.25) is 0 Å². The Labute approximate surface area is 80.6 Å². The molecule has 0 aliphatic rings. The molecular weight excluding hydrogens is 156 g/mol. The summed E-state index contributed by atoms with van der Waals surface area (Å²) in [6, 6.07) is 4.38. The molecule has 0 amide bonds. The molecule has 0 heteroatoms. The molecule has 0 atom stereocenters. The molecule has 1 aromatic rings. The molecule has 0 saturated heterocycles. The van der Waals surface area contributed by atoms with Crippen molar-refractivity contribution in [2.45, 2.75) is 20.8 Å². The van der Waals surface area contributed by atoms with E-state index in [4.69, 9.17) is 0 Å². The Morgan fingerprint density at radius 1 is 1.08 bits per heavy atom.